The van der Waals surface area contributed by atoms with Crippen molar-refractivity contribution in [2.45, 2.75) is 25.3 Å². The van der Waals surface area contributed by atoms with Crippen LogP contribution in [0.25, 0.3) is 11.0 Å². The molecule has 2 N–H and O–H groups in total. The fourth-order valence-corrected chi connectivity index (χ4v) is 4.81. The lowest BCUT2D eigenvalue weighted by Gasteiger charge is -2.38. The van der Waals surface area contributed by atoms with Crippen LogP contribution in [0.1, 0.15) is 31.1 Å². The van der Waals surface area contributed by atoms with Crippen molar-refractivity contribution < 1.29 is 13.2 Å². The standard InChI is InChI=1S/C18H25N5O3S/c1-27(25,26)22-11-13(12-22)10-19-18(24)23-9-5-4-8-16(23)17-20-14-6-2-3-7-15(14)21-17/h2-3,6-7,13,16H,4-5,8-12H2,1H3,(H,19,24)(H,20,21). The van der Waals surface area contributed by atoms with Crippen molar-refractivity contribution >= 4 is 27.1 Å². The largest absolute Gasteiger partial charge is 0.340 e. The minimum Gasteiger partial charge on any atom is -0.340 e. The Kier molecular flexibility index (Phi) is 4.81. The van der Waals surface area contributed by atoms with Crippen LogP contribution >= 0.6 is 0 Å². The number of hydrogen-bond donors (Lipinski definition) is 2. The van der Waals surface area contributed by atoms with E-state index < -0.39 is 10.0 Å². The normalized spacial score (nSPS) is 22.0. The number of carbonyl (C=O) groups is 1. The SMILES string of the molecule is CS(=O)(=O)N1CC(CNC(=O)N2CCCCC2c2nc3ccccc3[nH]2)C1. The Morgan fingerprint density at radius 2 is 2.07 bits per heavy atom. The van der Waals surface area contributed by atoms with E-state index in [1.165, 1.54) is 10.6 Å². The van der Waals surface area contributed by atoms with E-state index in [-0.39, 0.29) is 18.0 Å². The molecule has 9 heteroatoms. The van der Waals surface area contributed by atoms with Gasteiger partial charge >= 0.3 is 6.03 Å². The quantitative estimate of drug-likeness (QED) is 0.829. The van der Waals surface area contributed by atoms with Gasteiger partial charge in [-0.05, 0) is 31.4 Å². The summed E-state index contributed by atoms with van der Waals surface area (Å²) in [5.41, 5.74) is 1.89. The molecule has 1 atom stereocenters. The molecule has 3 heterocycles. The van der Waals surface area contributed by atoms with E-state index in [9.17, 15) is 13.2 Å². The van der Waals surface area contributed by atoms with Crippen LogP contribution in [0.3, 0.4) is 0 Å². The van der Waals surface area contributed by atoms with Crippen molar-refractivity contribution in [2.24, 2.45) is 5.92 Å². The molecule has 27 heavy (non-hydrogen) atoms. The molecule has 8 nitrogen and oxygen atoms in total. The van der Waals surface area contributed by atoms with E-state index in [2.05, 4.69) is 15.3 Å². The molecule has 0 bridgehead atoms. The average molecular weight is 391 g/mol. The maximum atomic E-state index is 12.8. The number of nitrogens with one attached hydrogen (secondary N) is 2. The molecule has 2 amide bonds. The van der Waals surface area contributed by atoms with Gasteiger partial charge in [0.05, 0.1) is 23.3 Å². The number of hydrogen-bond acceptors (Lipinski definition) is 4. The number of benzene rings is 1. The van der Waals surface area contributed by atoms with E-state index in [4.69, 9.17) is 0 Å². The molecule has 1 aromatic carbocycles. The van der Waals surface area contributed by atoms with Crippen molar-refractivity contribution in [3.63, 3.8) is 0 Å². The number of rotatable bonds is 4. The van der Waals surface area contributed by atoms with Gasteiger partial charge in [-0.15, -0.1) is 0 Å². The first kappa shape index (κ1) is 18.2. The van der Waals surface area contributed by atoms with Crippen molar-refractivity contribution in [3.8, 4) is 0 Å². The molecule has 2 aromatic rings. The Morgan fingerprint density at radius 1 is 1.30 bits per heavy atom. The number of imidazole rings is 1. The third kappa shape index (κ3) is 3.79. The number of sulfonamides is 1. The van der Waals surface area contributed by atoms with Gasteiger partial charge in [-0.3, -0.25) is 0 Å². The van der Waals surface area contributed by atoms with Crippen molar-refractivity contribution in [1.82, 2.24) is 24.5 Å². The van der Waals surface area contributed by atoms with Crippen LogP contribution in [-0.4, -0.2) is 66.1 Å². The first-order valence-electron chi connectivity index (χ1n) is 9.36. The monoisotopic (exact) mass is 391 g/mol. The molecule has 2 saturated heterocycles. The maximum absolute atomic E-state index is 12.8. The molecule has 2 aliphatic rings. The summed E-state index contributed by atoms with van der Waals surface area (Å²) in [6.45, 7) is 2.15. The Bertz CT molecular complexity index is 902. The number of para-hydroxylation sites is 2. The molecule has 0 saturated carbocycles. The minimum absolute atomic E-state index is 0.0555. The van der Waals surface area contributed by atoms with Gasteiger partial charge in [0.15, 0.2) is 0 Å². The van der Waals surface area contributed by atoms with Crippen LogP contribution in [0, 0.1) is 5.92 Å². The number of fused-ring (bicyclic) bond motifs is 1. The predicted molar refractivity (Wildman–Crippen MR) is 103 cm³/mol. The topological polar surface area (TPSA) is 98.4 Å². The summed E-state index contributed by atoms with van der Waals surface area (Å²) >= 11 is 0. The second-order valence-corrected chi connectivity index (χ2v) is 9.46. The van der Waals surface area contributed by atoms with E-state index >= 15 is 0 Å². The van der Waals surface area contributed by atoms with Gasteiger partial charge in [-0.25, -0.2) is 22.5 Å². The fraction of sp³-hybridized carbons (Fsp3) is 0.556. The molecule has 2 fully saturated rings. The lowest BCUT2D eigenvalue weighted by Crippen LogP contribution is -2.55. The third-order valence-electron chi connectivity index (χ3n) is 5.42. The molecule has 0 radical (unpaired) electrons. The Morgan fingerprint density at radius 3 is 2.81 bits per heavy atom. The summed E-state index contributed by atoms with van der Waals surface area (Å²) < 4.78 is 24.3. The number of carbonyl (C=O) groups excluding carboxylic acids is 1. The van der Waals surface area contributed by atoms with Crippen LogP contribution in [0.2, 0.25) is 0 Å². The zero-order valence-electron chi connectivity index (χ0n) is 15.4. The molecule has 4 rings (SSSR count). The van der Waals surface area contributed by atoms with Crippen LogP contribution in [0.4, 0.5) is 4.79 Å². The van der Waals surface area contributed by atoms with Gasteiger partial charge in [-0.1, -0.05) is 12.1 Å². The number of aromatic nitrogens is 2. The molecule has 2 aliphatic heterocycles. The second kappa shape index (κ2) is 7.12. The molecule has 0 aliphatic carbocycles. The maximum Gasteiger partial charge on any atom is 0.318 e. The average Bonchev–Trinajstić information content (AvgIpc) is 3.03. The molecule has 1 unspecified atom stereocenters. The smallest absolute Gasteiger partial charge is 0.318 e. The highest BCUT2D eigenvalue weighted by Gasteiger charge is 2.35. The van der Waals surface area contributed by atoms with E-state index in [0.29, 0.717) is 26.2 Å². The number of nitrogens with zero attached hydrogens (tertiary/aromatic N) is 3. The van der Waals surface area contributed by atoms with E-state index in [1.807, 2.05) is 29.2 Å². The van der Waals surface area contributed by atoms with Gasteiger partial charge in [0, 0.05) is 32.1 Å². The van der Waals surface area contributed by atoms with E-state index in [0.717, 1.165) is 36.1 Å². The summed E-state index contributed by atoms with van der Waals surface area (Å²) in [7, 11) is -3.12. The Hall–Kier alpha value is -2.13. The summed E-state index contributed by atoms with van der Waals surface area (Å²) in [6, 6.07) is 7.72. The third-order valence-corrected chi connectivity index (χ3v) is 6.66. The van der Waals surface area contributed by atoms with Gasteiger partial charge < -0.3 is 15.2 Å². The summed E-state index contributed by atoms with van der Waals surface area (Å²) in [5, 5.41) is 2.98. The zero-order chi connectivity index (χ0) is 19.0. The molecule has 0 spiro atoms. The highest BCUT2D eigenvalue weighted by molar-refractivity contribution is 7.88. The molecule has 1 aromatic heterocycles. The van der Waals surface area contributed by atoms with Crippen LogP contribution in [-0.2, 0) is 10.0 Å². The van der Waals surface area contributed by atoms with Crippen LogP contribution in [0.15, 0.2) is 24.3 Å². The summed E-state index contributed by atoms with van der Waals surface area (Å²) in [4.78, 5) is 22.6. The lowest BCUT2D eigenvalue weighted by atomic mass is 10.0. The predicted octanol–water partition coefficient (Wildman–Crippen LogP) is 1.69. The molecular weight excluding hydrogens is 366 g/mol. The van der Waals surface area contributed by atoms with Crippen molar-refractivity contribution in [2.75, 3.05) is 32.4 Å². The first-order chi connectivity index (χ1) is 12.9. The lowest BCUT2D eigenvalue weighted by molar-refractivity contribution is 0.140. The van der Waals surface area contributed by atoms with Crippen molar-refractivity contribution in [3.05, 3.63) is 30.1 Å². The summed E-state index contributed by atoms with van der Waals surface area (Å²) in [6.07, 6.45) is 4.15. The summed E-state index contributed by atoms with van der Waals surface area (Å²) in [5.74, 6) is 1.01. The number of aromatic amines is 1. The van der Waals surface area contributed by atoms with Crippen molar-refractivity contribution in [1.29, 1.82) is 0 Å². The van der Waals surface area contributed by atoms with Gasteiger partial charge in [0.2, 0.25) is 10.0 Å². The van der Waals surface area contributed by atoms with Gasteiger partial charge in [0.25, 0.3) is 0 Å². The minimum atomic E-state index is -3.12. The van der Waals surface area contributed by atoms with Gasteiger partial charge in [0.1, 0.15) is 5.82 Å². The van der Waals surface area contributed by atoms with Gasteiger partial charge in [-0.2, -0.15) is 0 Å². The number of urea groups is 1. The first-order valence-corrected chi connectivity index (χ1v) is 11.2. The number of H-pyrrole nitrogens is 1. The molecule has 146 valence electrons. The van der Waals surface area contributed by atoms with Crippen LogP contribution < -0.4 is 5.32 Å². The second-order valence-electron chi connectivity index (χ2n) is 7.48. The number of amides is 2. The Labute approximate surface area is 159 Å². The van der Waals surface area contributed by atoms with E-state index in [1.54, 1.807) is 0 Å². The Balaban J connectivity index is 1.39. The number of likely N-dealkylation sites (tertiary alicyclic amines) is 1. The number of piperidine rings is 1. The van der Waals surface area contributed by atoms with Crippen LogP contribution in [0.5, 0.6) is 0 Å². The fourth-order valence-electron chi connectivity index (χ4n) is 3.84. The zero-order valence-corrected chi connectivity index (χ0v) is 16.2. The highest BCUT2D eigenvalue weighted by atomic mass is 32.2. The highest BCUT2D eigenvalue weighted by Crippen LogP contribution is 2.30. The molecular formula is C18H25N5O3S.